The van der Waals surface area contributed by atoms with E-state index in [9.17, 15) is 9.18 Å². The molecule has 0 saturated heterocycles. The number of unbranched alkanes of at least 4 members (excludes halogenated alkanes) is 13. The number of alkyl halides is 1. The summed E-state index contributed by atoms with van der Waals surface area (Å²) in [5, 5.41) is -0.843. The summed E-state index contributed by atoms with van der Waals surface area (Å²) < 4.78 is 12.9. The SMILES string of the molecule is CCCCCCCCCCCCCCCCC(F)C(=O)Cl. The van der Waals surface area contributed by atoms with Gasteiger partial charge in [0.2, 0.25) is 0 Å². The lowest BCUT2D eigenvalue weighted by atomic mass is 10.0. The Kier molecular flexibility index (Phi) is 16.2. The Morgan fingerprint density at radius 2 is 1.10 bits per heavy atom. The molecule has 0 amide bonds. The largest absolute Gasteiger partial charge is 0.278 e. The van der Waals surface area contributed by atoms with E-state index in [4.69, 9.17) is 11.6 Å². The van der Waals surface area contributed by atoms with Crippen LogP contribution in [0, 0.1) is 0 Å². The highest BCUT2D eigenvalue weighted by molar-refractivity contribution is 6.64. The minimum atomic E-state index is -1.45. The molecule has 0 aromatic heterocycles. The summed E-state index contributed by atoms with van der Waals surface area (Å²) in [6.45, 7) is 2.26. The second-order valence-electron chi connectivity index (χ2n) is 6.16. The van der Waals surface area contributed by atoms with E-state index in [0.717, 1.165) is 19.3 Å². The zero-order chi connectivity index (χ0) is 15.8. The molecule has 0 bridgehead atoms. The first-order valence-electron chi connectivity index (χ1n) is 9.02. The number of carbonyl (C=O) groups excluding carboxylic acids is 1. The minimum absolute atomic E-state index is 0.292. The van der Waals surface area contributed by atoms with Gasteiger partial charge in [-0.15, -0.1) is 0 Å². The quantitative estimate of drug-likeness (QED) is 0.222. The third-order valence-corrected chi connectivity index (χ3v) is 4.29. The van der Waals surface area contributed by atoms with E-state index in [2.05, 4.69) is 6.92 Å². The van der Waals surface area contributed by atoms with Crippen molar-refractivity contribution in [2.45, 2.75) is 109 Å². The first kappa shape index (κ1) is 20.9. The smallest absolute Gasteiger partial charge is 0.255 e. The summed E-state index contributed by atoms with van der Waals surface area (Å²) in [5.41, 5.74) is 0. The highest BCUT2D eigenvalue weighted by atomic mass is 35.5. The molecule has 0 radical (unpaired) electrons. The fourth-order valence-corrected chi connectivity index (χ4v) is 2.74. The molecule has 0 aliphatic heterocycles. The molecule has 0 N–H and O–H groups in total. The lowest BCUT2D eigenvalue weighted by molar-refractivity contribution is -0.116. The van der Waals surface area contributed by atoms with Crippen LogP contribution in [0.4, 0.5) is 4.39 Å². The van der Waals surface area contributed by atoms with Gasteiger partial charge in [0.05, 0.1) is 0 Å². The number of hydrogen-bond donors (Lipinski definition) is 0. The van der Waals surface area contributed by atoms with Gasteiger partial charge < -0.3 is 0 Å². The summed E-state index contributed by atoms with van der Waals surface area (Å²) in [6, 6.07) is 0. The Morgan fingerprint density at radius 3 is 1.43 bits per heavy atom. The highest BCUT2D eigenvalue weighted by Crippen LogP contribution is 2.14. The highest BCUT2D eigenvalue weighted by Gasteiger charge is 2.12. The molecule has 3 heteroatoms. The van der Waals surface area contributed by atoms with Gasteiger partial charge >= 0.3 is 0 Å². The summed E-state index contributed by atoms with van der Waals surface area (Å²) in [5.74, 6) is 0. The summed E-state index contributed by atoms with van der Waals surface area (Å²) >= 11 is 5.07. The van der Waals surface area contributed by atoms with E-state index >= 15 is 0 Å². The molecule has 0 heterocycles. The van der Waals surface area contributed by atoms with Gasteiger partial charge in [0.25, 0.3) is 5.24 Å². The summed E-state index contributed by atoms with van der Waals surface area (Å²) in [6.07, 6.45) is 16.7. The molecule has 0 aliphatic carbocycles. The van der Waals surface area contributed by atoms with Gasteiger partial charge in [0.1, 0.15) is 0 Å². The van der Waals surface area contributed by atoms with Crippen LogP contribution in [0.1, 0.15) is 103 Å². The zero-order valence-electron chi connectivity index (χ0n) is 13.8. The van der Waals surface area contributed by atoms with E-state index < -0.39 is 11.4 Å². The predicted octanol–water partition coefficient (Wildman–Crippen LogP) is 6.96. The van der Waals surface area contributed by atoms with Crippen molar-refractivity contribution >= 4 is 16.8 Å². The number of hydrogen-bond acceptors (Lipinski definition) is 1. The zero-order valence-corrected chi connectivity index (χ0v) is 14.6. The molecular formula is C18H34ClFO. The van der Waals surface area contributed by atoms with Crippen LogP contribution < -0.4 is 0 Å². The van der Waals surface area contributed by atoms with Crippen LogP contribution in [0.5, 0.6) is 0 Å². The molecule has 0 fully saturated rings. The van der Waals surface area contributed by atoms with Crippen LogP contribution in [-0.4, -0.2) is 11.4 Å². The molecule has 126 valence electrons. The third-order valence-electron chi connectivity index (χ3n) is 4.06. The maximum atomic E-state index is 12.9. The summed E-state index contributed by atoms with van der Waals surface area (Å²) in [7, 11) is 0. The molecule has 0 spiro atoms. The average Bonchev–Trinajstić information content (AvgIpc) is 2.47. The Bertz CT molecular complexity index is 233. The van der Waals surface area contributed by atoms with Crippen LogP contribution in [-0.2, 0) is 4.79 Å². The first-order chi connectivity index (χ1) is 10.2. The van der Waals surface area contributed by atoms with Crippen molar-refractivity contribution in [2.24, 2.45) is 0 Å². The van der Waals surface area contributed by atoms with Crippen molar-refractivity contribution < 1.29 is 9.18 Å². The Labute approximate surface area is 136 Å². The van der Waals surface area contributed by atoms with Crippen LogP contribution in [0.15, 0.2) is 0 Å². The van der Waals surface area contributed by atoms with Crippen LogP contribution >= 0.6 is 11.6 Å². The molecule has 0 saturated carbocycles. The van der Waals surface area contributed by atoms with Crippen LogP contribution in [0.3, 0.4) is 0 Å². The van der Waals surface area contributed by atoms with E-state index in [-0.39, 0.29) is 0 Å². The van der Waals surface area contributed by atoms with E-state index in [1.54, 1.807) is 0 Å². The van der Waals surface area contributed by atoms with Crippen molar-refractivity contribution in [3.63, 3.8) is 0 Å². The van der Waals surface area contributed by atoms with Crippen molar-refractivity contribution in [2.75, 3.05) is 0 Å². The second kappa shape index (κ2) is 16.3. The molecule has 0 aliphatic rings. The van der Waals surface area contributed by atoms with Gasteiger partial charge in [-0.3, -0.25) is 4.79 Å². The lowest BCUT2D eigenvalue weighted by Crippen LogP contribution is -2.08. The molecule has 1 nitrogen and oxygen atoms in total. The standard InChI is InChI=1S/C18H34ClFO/c1-2-3-4-5-6-7-8-9-10-11-12-13-14-15-16-17(20)18(19)21/h17H,2-16H2,1H3. The van der Waals surface area contributed by atoms with Crippen molar-refractivity contribution in [1.29, 1.82) is 0 Å². The molecule has 0 aromatic carbocycles. The van der Waals surface area contributed by atoms with Crippen molar-refractivity contribution in [1.82, 2.24) is 0 Å². The number of rotatable bonds is 16. The third kappa shape index (κ3) is 16.1. The predicted molar refractivity (Wildman–Crippen MR) is 90.7 cm³/mol. The number of carbonyl (C=O) groups is 1. The molecule has 1 unspecified atom stereocenters. The van der Waals surface area contributed by atoms with Crippen LogP contribution in [0.25, 0.3) is 0 Å². The monoisotopic (exact) mass is 320 g/mol. The summed E-state index contributed by atoms with van der Waals surface area (Å²) in [4.78, 5) is 10.5. The minimum Gasteiger partial charge on any atom is -0.278 e. The van der Waals surface area contributed by atoms with Gasteiger partial charge in [-0.25, -0.2) is 4.39 Å². The van der Waals surface area contributed by atoms with E-state index in [1.165, 1.54) is 70.6 Å². The van der Waals surface area contributed by atoms with Crippen LogP contribution in [0.2, 0.25) is 0 Å². The molecule has 0 aromatic rings. The van der Waals surface area contributed by atoms with Gasteiger partial charge in [0.15, 0.2) is 6.17 Å². The second-order valence-corrected chi connectivity index (χ2v) is 6.53. The normalized spacial score (nSPS) is 12.5. The lowest BCUT2D eigenvalue weighted by Gasteiger charge is -2.04. The fourth-order valence-electron chi connectivity index (χ4n) is 2.63. The maximum Gasteiger partial charge on any atom is 0.255 e. The molecule has 21 heavy (non-hydrogen) atoms. The Morgan fingerprint density at radius 1 is 0.762 bits per heavy atom. The first-order valence-corrected chi connectivity index (χ1v) is 9.39. The molecular weight excluding hydrogens is 287 g/mol. The van der Waals surface area contributed by atoms with E-state index in [1.807, 2.05) is 0 Å². The number of halogens is 2. The Balaban J connectivity index is 3.04. The van der Waals surface area contributed by atoms with Gasteiger partial charge in [-0.05, 0) is 18.0 Å². The van der Waals surface area contributed by atoms with E-state index in [0.29, 0.717) is 6.42 Å². The maximum absolute atomic E-state index is 12.9. The van der Waals surface area contributed by atoms with Gasteiger partial charge in [0, 0.05) is 0 Å². The topological polar surface area (TPSA) is 17.1 Å². The molecule has 0 rings (SSSR count). The van der Waals surface area contributed by atoms with Gasteiger partial charge in [-0.2, -0.15) is 0 Å². The van der Waals surface area contributed by atoms with Crippen molar-refractivity contribution in [3.8, 4) is 0 Å². The van der Waals surface area contributed by atoms with Gasteiger partial charge in [-0.1, -0.05) is 96.8 Å². The van der Waals surface area contributed by atoms with Crippen molar-refractivity contribution in [3.05, 3.63) is 0 Å². The fraction of sp³-hybridized carbons (Fsp3) is 0.944. The molecule has 1 atom stereocenters. The average molecular weight is 321 g/mol. The Hall–Kier alpha value is -0.110.